The van der Waals surface area contributed by atoms with Gasteiger partial charge in [0.2, 0.25) is 10.0 Å². The molecule has 0 aliphatic carbocycles. The van der Waals surface area contributed by atoms with Crippen LogP contribution in [0, 0.1) is 11.6 Å². The van der Waals surface area contributed by atoms with Crippen LogP contribution in [0.25, 0.3) is 0 Å². The molecule has 35 heavy (non-hydrogen) atoms. The SMILES string of the molecule is CCCCN(CCN1CCOCC1)c1cc(C(=O)O)cc(S(N)(=O)=O)c1Oc1ccc(F)c(F)c1. The van der Waals surface area contributed by atoms with Crippen molar-refractivity contribution < 1.29 is 36.6 Å². The molecule has 0 amide bonds. The summed E-state index contributed by atoms with van der Waals surface area (Å²) in [5.41, 5.74) is -0.116. The Hall–Kier alpha value is -2.80. The number of hydrogen-bond acceptors (Lipinski definition) is 7. The summed E-state index contributed by atoms with van der Waals surface area (Å²) < 4.78 is 63.3. The molecule has 1 aliphatic heterocycles. The van der Waals surface area contributed by atoms with Crippen molar-refractivity contribution in [1.82, 2.24) is 4.90 Å². The van der Waals surface area contributed by atoms with E-state index in [1.165, 1.54) is 6.07 Å². The molecule has 0 unspecified atom stereocenters. The minimum atomic E-state index is -4.45. The normalized spacial score (nSPS) is 14.6. The highest BCUT2D eigenvalue weighted by Crippen LogP contribution is 2.40. The summed E-state index contributed by atoms with van der Waals surface area (Å²) in [6.45, 7) is 6.17. The first kappa shape index (κ1) is 26.8. The fourth-order valence-corrected chi connectivity index (χ4v) is 4.40. The summed E-state index contributed by atoms with van der Waals surface area (Å²) in [6, 6.07) is 4.98. The average Bonchev–Trinajstić information content (AvgIpc) is 2.81. The number of ether oxygens (including phenoxy) is 2. The van der Waals surface area contributed by atoms with Gasteiger partial charge in [-0.1, -0.05) is 13.3 Å². The van der Waals surface area contributed by atoms with E-state index < -0.39 is 32.5 Å². The predicted octanol–water partition coefficient (Wildman–Crippen LogP) is 3.04. The largest absolute Gasteiger partial charge is 0.478 e. The molecule has 1 aliphatic rings. The smallest absolute Gasteiger partial charge is 0.335 e. The van der Waals surface area contributed by atoms with Gasteiger partial charge < -0.3 is 19.5 Å². The van der Waals surface area contributed by atoms with Gasteiger partial charge in [0.05, 0.1) is 24.5 Å². The van der Waals surface area contributed by atoms with Crippen LogP contribution in [0.3, 0.4) is 0 Å². The lowest BCUT2D eigenvalue weighted by molar-refractivity contribution is 0.0391. The highest BCUT2D eigenvalue weighted by atomic mass is 32.2. The topological polar surface area (TPSA) is 122 Å². The van der Waals surface area contributed by atoms with Crippen LogP contribution in [0.2, 0.25) is 0 Å². The number of carbonyl (C=O) groups is 1. The molecular weight excluding hydrogens is 484 g/mol. The lowest BCUT2D eigenvalue weighted by atomic mass is 10.1. The van der Waals surface area contributed by atoms with Crippen LogP contribution in [-0.4, -0.2) is 70.3 Å². The molecule has 0 spiro atoms. The fourth-order valence-electron chi connectivity index (χ4n) is 3.71. The number of nitrogens with two attached hydrogens (primary N) is 1. The van der Waals surface area contributed by atoms with E-state index in [1.807, 2.05) is 11.8 Å². The number of nitrogens with zero attached hydrogens (tertiary/aromatic N) is 2. The van der Waals surface area contributed by atoms with Gasteiger partial charge in [-0.15, -0.1) is 0 Å². The molecule has 0 atom stereocenters. The Bertz CT molecular complexity index is 1160. The second-order valence-corrected chi connectivity index (χ2v) is 9.68. The number of anilines is 1. The zero-order valence-corrected chi connectivity index (χ0v) is 20.2. The Morgan fingerprint density at radius 3 is 2.49 bits per heavy atom. The van der Waals surface area contributed by atoms with Crippen LogP contribution in [0.1, 0.15) is 30.1 Å². The first-order valence-corrected chi connectivity index (χ1v) is 12.8. The van der Waals surface area contributed by atoms with Crippen LogP contribution in [-0.2, 0) is 14.8 Å². The van der Waals surface area contributed by atoms with Gasteiger partial charge >= 0.3 is 5.97 Å². The molecule has 0 saturated carbocycles. The monoisotopic (exact) mass is 513 g/mol. The molecule has 12 heteroatoms. The number of benzene rings is 2. The fraction of sp³-hybridized carbons (Fsp3) is 0.435. The number of primary sulfonamides is 1. The maximum absolute atomic E-state index is 13.8. The lowest BCUT2D eigenvalue weighted by Crippen LogP contribution is -2.42. The molecule has 1 saturated heterocycles. The summed E-state index contributed by atoms with van der Waals surface area (Å²) >= 11 is 0. The first-order chi connectivity index (χ1) is 16.6. The molecule has 0 radical (unpaired) electrons. The van der Waals surface area contributed by atoms with Crippen LogP contribution in [0.4, 0.5) is 14.5 Å². The summed E-state index contributed by atoms with van der Waals surface area (Å²) in [5, 5.41) is 15.0. The van der Waals surface area contributed by atoms with E-state index in [0.717, 1.165) is 50.2 Å². The Labute approximate surface area is 203 Å². The van der Waals surface area contributed by atoms with Gasteiger partial charge in [0.15, 0.2) is 17.4 Å². The van der Waals surface area contributed by atoms with Gasteiger partial charge in [0.25, 0.3) is 0 Å². The summed E-state index contributed by atoms with van der Waals surface area (Å²) in [6.07, 6.45) is 1.56. The second kappa shape index (κ2) is 11.8. The van der Waals surface area contributed by atoms with E-state index in [1.54, 1.807) is 0 Å². The Morgan fingerprint density at radius 2 is 1.89 bits per heavy atom. The van der Waals surface area contributed by atoms with Crippen LogP contribution < -0.4 is 14.8 Å². The Morgan fingerprint density at radius 1 is 1.17 bits per heavy atom. The Balaban J connectivity index is 2.11. The van der Waals surface area contributed by atoms with E-state index >= 15 is 0 Å². The molecule has 3 N–H and O–H groups in total. The van der Waals surface area contributed by atoms with Crippen molar-refractivity contribution in [1.29, 1.82) is 0 Å². The molecule has 0 aromatic heterocycles. The van der Waals surface area contributed by atoms with Gasteiger partial charge in [0, 0.05) is 38.8 Å². The van der Waals surface area contributed by atoms with Crippen molar-refractivity contribution in [2.24, 2.45) is 5.14 Å². The first-order valence-electron chi connectivity index (χ1n) is 11.2. The highest BCUT2D eigenvalue weighted by Gasteiger charge is 2.27. The molecule has 0 bridgehead atoms. The number of unbranched alkanes of at least 4 members (excludes halogenated alkanes) is 1. The molecular formula is C23H29F2N3O6S. The van der Waals surface area contributed by atoms with E-state index in [4.69, 9.17) is 14.6 Å². The minimum absolute atomic E-state index is 0.165. The zero-order valence-electron chi connectivity index (χ0n) is 19.4. The third kappa shape index (κ3) is 7.10. The van der Waals surface area contributed by atoms with E-state index in [-0.39, 0.29) is 22.7 Å². The average molecular weight is 514 g/mol. The van der Waals surface area contributed by atoms with Crippen molar-refractivity contribution in [2.45, 2.75) is 24.7 Å². The molecule has 2 aromatic rings. The van der Waals surface area contributed by atoms with Gasteiger partial charge in [-0.3, -0.25) is 4.90 Å². The summed E-state index contributed by atoms with van der Waals surface area (Å²) in [7, 11) is -4.45. The van der Waals surface area contributed by atoms with Crippen molar-refractivity contribution in [3.05, 3.63) is 47.5 Å². The van der Waals surface area contributed by atoms with Gasteiger partial charge in [-0.25, -0.2) is 27.1 Å². The Kier molecular flexibility index (Phi) is 9.00. The van der Waals surface area contributed by atoms with Crippen LogP contribution in [0.5, 0.6) is 11.5 Å². The molecule has 2 aromatic carbocycles. The van der Waals surface area contributed by atoms with Crippen molar-refractivity contribution in [3.63, 3.8) is 0 Å². The number of rotatable bonds is 11. The molecule has 1 heterocycles. The minimum Gasteiger partial charge on any atom is -0.478 e. The standard InChI is InChI=1S/C23H29F2N3O6S/c1-2-3-6-28(8-7-27-9-11-33-12-10-27)20-13-16(23(29)30)14-21(35(26,31)32)22(20)34-17-4-5-18(24)19(25)15-17/h4-5,13-15H,2-3,6-12H2,1H3,(H,29,30)(H2,26,31,32). The lowest BCUT2D eigenvalue weighted by Gasteiger charge is -2.32. The second-order valence-electron chi connectivity index (χ2n) is 8.15. The van der Waals surface area contributed by atoms with Crippen molar-refractivity contribution in [3.8, 4) is 11.5 Å². The number of carboxylic acid groups (broad SMARTS) is 1. The van der Waals surface area contributed by atoms with Crippen molar-refractivity contribution in [2.75, 3.05) is 50.8 Å². The van der Waals surface area contributed by atoms with Crippen LogP contribution >= 0.6 is 0 Å². The molecule has 3 rings (SSSR count). The molecule has 1 fully saturated rings. The van der Waals surface area contributed by atoms with Gasteiger partial charge in [0.1, 0.15) is 10.6 Å². The zero-order chi connectivity index (χ0) is 25.6. The van der Waals surface area contributed by atoms with Crippen molar-refractivity contribution >= 4 is 21.7 Å². The number of aromatic carboxylic acids is 1. The van der Waals surface area contributed by atoms with E-state index in [2.05, 4.69) is 4.90 Å². The number of hydrogen-bond donors (Lipinski definition) is 2. The number of sulfonamides is 1. The molecule has 192 valence electrons. The highest BCUT2D eigenvalue weighted by molar-refractivity contribution is 7.89. The van der Waals surface area contributed by atoms with E-state index in [9.17, 15) is 27.1 Å². The number of morpholine rings is 1. The van der Waals surface area contributed by atoms with Crippen LogP contribution in [0.15, 0.2) is 35.2 Å². The maximum Gasteiger partial charge on any atom is 0.335 e. The van der Waals surface area contributed by atoms with Gasteiger partial charge in [-0.2, -0.15) is 0 Å². The predicted molar refractivity (Wildman–Crippen MR) is 126 cm³/mol. The summed E-state index contributed by atoms with van der Waals surface area (Å²) in [4.78, 5) is 15.3. The summed E-state index contributed by atoms with van der Waals surface area (Å²) in [5.74, 6) is -4.04. The number of carboxylic acids is 1. The quantitative estimate of drug-likeness (QED) is 0.470. The molecule has 9 nitrogen and oxygen atoms in total. The van der Waals surface area contributed by atoms with Gasteiger partial charge in [-0.05, 0) is 30.7 Å². The van der Waals surface area contributed by atoms with E-state index in [0.29, 0.717) is 32.8 Å². The third-order valence-electron chi connectivity index (χ3n) is 5.61. The third-order valence-corrected chi connectivity index (χ3v) is 6.53. The maximum atomic E-state index is 13.8. The number of halogens is 2.